The average Bonchev–Trinajstić information content (AvgIpc) is 2.74. The molecule has 3 saturated carbocycles. The van der Waals surface area contributed by atoms with E-state index in [-0.39, 0.29) is 11.3 Å². The molecule has 1 aromatic carbocycles. The van der Waals surface area contributed by atoms with E-state index in [1.807, 2.05) is 31.3 Å². The first kappa shape index (κ1) is 21.1. The molecule has 1 aliphatic heterocycles. The molecule has 1 aromatic heterocycles. The molecule has 0 unspecified atom stereocenters. The number of piperazine rings is 1. The number of fused-ring (bicyclic) bond motifs is 1. The van der Waals surface area contributed by atoms with Gasteiger partial charge >= 0.3 is 0 Å². The molecule has 168 valence electrons. The summed E-state index contributed by atoms with van der Waals surface area (Å²) in [6.45, 7) is 5.71. The number of allylic oxidation sites excluding steroid dienone is 1. The van der Waals surface area contributed by atoms with Gasteiger partial charge in [-0.15, -0.1) is 0 Å². The molecule has 0 spiro atoms. The lowest BCUT2D eigenvalue weighted by Crippen LogP contribution is -2.70. The van der Waals surface area contributed by atoms with Crippen LogP contribution in [0.3, 0.4) is 0 Å². The zero-order valence-corrected chi connectivity index (χ0v) is 18.9. The van der Waals surface area contributed by atoms with Gasteiger partial charge in [0.1, 0.15) is 5.82 Å². The fourth-order valence-electron chi connectivity index (χ4n) is 5.89. The molecule has 1 amide bonds. The van der Waals surface area contributed by atoms with Crippen LogP contribution >= 0.6 is 0 Å². The number of pyridine rings is 1. The van der Waals surface area contributed by atoms with Crippen LogP contribution in [0.15, 0.2) is 36.7 Å². The van der Waals surface area contributed by atoms with Gasteiger partial charge in [-0.25, -0.2) is 4.98 Å². The number of amides is 1. The van der Waals surface area contributed by atoms with Crippen molar-refractivity contribution in [2.24, 2.45) is 10.8 Å². The van der Waals surface area contributed by atoms with Gasteiger partial charge in [0.05, 0.1) is 5.41 Å². The molecule has 3 aliphatic carbocycles. The lowest BCUT2D eigenvalue weighted by atomic mass is 9.34. The molecular formula is C25H32N6O. The minimum absolute atomic E-state index is 0.121. The number of nitrogens with zero attached hydrogens (tertiary/aromatic N) is 3. The third kappa shape index (κ3) is 3.69. The van der Waals surface area contributed by atoms with Crippen LogP contribution in [0.1, 0.15) is 24.8 Å². The van der Waals surface area contributed by atoms with E-state index in [4.69, 9.17) is 5.41 Å². The van der Waals surface area contributed by atoms with Gasteiger partial charge < -0.3 is 25.8 Å². The molecule has 7 heteroatoms. The Labute approximate surface area is 189 Å². The summed E-state index contributed by atoms with van der Waals surface area (Å²) in [6.07, 6.45) is 7.97. The maximum Gasteiger partial charge on any atom is 0.231 e. The first-order valence-electron chi connectivity index (χ1n) is 11.4. The largest absolute Gasteiger partial charge is 0.393 e. The molecule has 0 radical (unpaired) electrons. The fraction of sp³-hybridized carbons (Fsp3) is 0.480. The van der Waals surface area contributed by atoms with Crippen LogP contribution in [0.4, 0.5) is 5.82 Å². The highest BCUT2D eigenvalue weighted by atomic mass is 16.2. The summed E-state index contributed by atoms with van der Waals surface area (Å²) in [5.41, 5.74) is 1.93. The van der Waals surface area contributed by atoms with Crippen LogP contribution < -0.4 is 10.6 Å². The van der Waals surface area contributed by atoms with Crippen molar-refractivity contribution in [2.45, 2.75) is 19.3 Å². The second kappa shape index (κ2) is 7.98. The van der Waals surface area contributed by atoms with E-state index in [9.17, 15) is 4.79 Å². The third-order valence-corrected chi connectivity index (χ3v) is 7.53. The van der Waals surface area contributed by atoms with Crippen LogP contribution in [0.25, 0.3) is 16.3 Å². The molecule has 0 atom stereocenters. The van der Waals surface area contributed by atoms with E-state index in [0.29, 0.717) is 11.2 Å². The van der Waals surface area contributed by atoms with E-state index in [1.165, 1.54) is 6.21 Å². The summed E-state index contributed by atoms with van der Waals surface area (Å²) < 4.78 is 0. The van der Waals surface area contributed by atoms with Gasteiger partial charge in [-0.05, 0) is 54.8 Å². The second-order valence-electron chi connectivity index (χ2n) is 10.0. The molecule has 2 heterocycles. The Balaban J connectivity index is 1.23. The van der Waals surface area contributed by atoms with Gasteiger partial charge in [0, 0.05) is 69.3 Å². The molecule has 2 bridgehead atoms. The van der Waals surface area contributed by atoms with Crippen molar-refractivity contribution in [2.75, 3.05) is 52.1 Å². The quantitative estimate of drug-likeness (QED) is 0.586. The van der Waals surface area contributed by atoms with E-state index in [0.717, 1.165) is 73.9 Å². The number of anilines is 1. The van der Waals surface area contributed by atoms with Crippen LogP contribution in [0.5, 0.6) is 0 Å². The Bertz CT molecular complexity index is 1070. The third-order valence-electron chi connectivity index (χ3n) is 7.53. The summed E-state index contributed by atoms with van der Waals surface area (Å²) >= 11 is 0. The molecule has 3 N–H and O–H groups in total. The minimum atomic E-state index is -0.187. The summed E-state index contributed by atoms with van der Waals surface area (Å²) in [6, 6.07) is 7.95. The van der Waals surface area contributed by atoms with Gasteiger partial charge in [-0.1, -0.05) is 12.1 Å². The minimum Gasteiger partial charge on any atom is -0.393 e. The van der Waals surface area contributed by atoms with Crippen molar-refractivity contribution in [1.82, 2.24) is 20.1 Å². The van der Waals surface area contributed by atoms with E-state index in [2.05, 4.69) is 32.5 Å². The SMILES string of the molecule is CN/C=C(\C=N)c1ccc2cnc(NC(=O)C34CC(CN5CCN(C)CC5)(C3)C4)cc2c1. The lowest BCUT2D eigenvalue weighted by Gasteiger charge is -2.70. The van der Waals surface area contributed by atoms with Crippen LogP contribution in [-0.2, 0) is 4.79 Å². The van der Waals surface area contributed by atoms with Gasteiger partial charge in [0.2, 0.25) is 5.91 Å². The highest BCUT2D eigenvalue weighted by molar-refractivity contribution is 6.09. The Kier molecular flexibility index (Phi) is 5.26. The van der Waals surface area contributed by atoms with Crippen molar-refractivity contribution in [3.05, 3.63) is 42.2 Å². The van der Waals surface area contributed by atoms with Crippen LogP contribution in [0, 0.1) is 16.2 Å². The molecule has 32 heavy (non-hydrogen) atoms. The molecule has 7 nitrogen and oxygen atoms in total. The zero-order chi connectivity index (χ0) is 22.3. The monoisotopic (exact) mass is 432 g/mol. The highest BCUT2D eigenvalue weighted by Crippen LogP contribution is 2.73. The van der Waals surface area contributed by atoms with Crippen LogP contribution in [-0.4, -0.2) is 73.7 Å². The van der Waals surface area contributed by atoms with Gasteiger partial charge in [0.15, 0.2) is 0 Å². The molecular weight excluding hydrogens is 400 g/mol. The number of carbonyl (C=O) groups excluding carboxylic acids is 1. The van der Waals surface area contributed by atoms with Gasteiger partial charge in [-0.2, -0.15) is 0 Å². The summed E-state index contributed by atoms with van der Waals surface area (Å²) in [5.74, 6) is 0.725. The topological polar surface area (TPSA) is 84.3 Å². The zero-order valence-electron chi connectivity index (χ0n) is 18.9. The number of likely N-dealkylation sites (N-methyl/N-ethyl adjacent to an activating group) is 1. The molecule has 1 saturated heterocycles. The summed E-state index contributed by atoms with van der Waals surface area (Å²) in [7, 11) is 4.01. The highest BCUT2D eigenvalue weighted by Gasteiger charge is 2.71. The maximum absolute atomic E-state index is 13.1. The molecule has 6 rings (SSSR count). The summed E-state index contributed by atoms with van der Waals surface area (Å²) in [4.78, 5) is 22.5. The number of rotatable bonds is 7. The predicted octanol–water partition coefficient (Wildman–Crippen LogP) is 2.80. The van der Waals surface area contributed by atoms with E-state index < -0.39 is 0 Å². The Morgan fingerprint density at radius 1 is 1.16 bits per heavy atom. The smallest absolute Gasteiger partial charge is 0.231 e. The lowest BCUT2D eigenvalue weighted by molar-refractivity contribution is -0.210. The van der Waals surface area contributed by atoms with Gasteiger partial charge in [-0.3, -0.25) is 4.79 Å². The van der Waals surface area contributed by atoms with E-state index >= 15 is 0 Å². The van der Waals surface area contributed by atoms with Crippen molar-refractivity contribution in [1.29, 1.82) is 5.41 Å². The number of aromatic nitrogens is 1. The Hall–Kier alpha value is -2.77. The predicted molar refractivity (Wildman–Crippen MR) is 129 cm³/mol. The summed E-state index contributed by atoms with van der Waals surface area (Å²) in [5, 5.41) is 15.7. The molecule has 4 aliphatic rings. The molecule has 4 fully saturated rings. The van der Waals surface area contributed by atoms with E-state index in [1.54, 1.807) is 12.4 Å². The standard InChI is InChI=1S/C25H32N6O/c1-27-12-21(11-26)18-3-4-19-13-28-22(10-20(19)9-18)29-23(32)25-14-24(15-25,16-25)17-31-7-5-30(2)6-8-31/h3-4,9-13,26-27H,5-8,14-17H2,1-2H3,(H,28,29,32)/b21-12+,26-11?. The van der Waals surface area contributed by atoms with Crippen molar-refractivity contribution >= 4 is 34.3 Å². The first-order valence-corrected chi connectivity index (χ1v) is 11.4. The maximum atomic E-state index is 13.1. The number of carbonyl (C=O) groups is 1. The van der Waals surface area contributed by atoms with Crippen molar-refractivity contribution in [3.63, 3.8) is 0 Å². The second-order valence-corrected chi connectivity index (χ2v) is 10.0. The van der Waals surface area contributed by atoms with Crippen molar-refractivity contribution < 1.29 is 4.79 Å². The average molecular weight is 433 g/mol. The number of hydrogen-bond donors (Lipinski definition) is 3. The normalized spacial score (nSPS) is 28.0. The Morgan fingerprint density at radius 2 is 1.91 bits per heavy atom. The fourth-order valence-corrected chi connectivity index (χ4v) is 5.89. The number of benzene rings is 1. The number of nitrogens with one attached hydrogen (secondary N) is 3. The first-order chi connectivity index (χ1) is 15.4. The number of hydrogen-bond acceptors (Lipinski definition) is 6. The van der Waals surface area contributed by atoms with Gasteiger partial charge in [0.25, 0.3) is 0 Å². The van der Waals surface area contributed by atoms with Crippen LogP contribution in [0.2, 0.25) is 0 Å². The van der Waals surface area contributed by atoms with Crippen molar-refractivity contribution in [3.8, 4) is 0 Å². The molecule has 2 aromatic rings. The Morgan fingerprint density at radius 3 is 2.59 bits per heavy atom.